The Hall–Kier alpha value is -2.81. The van der Waals surface area contributed by atoms with Gasteiger partial charge < -0.3 is 9.64 Å². The fourth-order valence-corrected chi connectivity index (χ4v) is 2.37. The second-order valence-electron chi connectivity index (χ2n) is 4.84. The van der Waals surface area contributed by atoms with Crippen LogP contribution in [0.2, 0.25) is 0 Å². The third kappa shape index (κ3) is 3.09. The highest BCUT2D eigenvalue weighted by molar-refractivity contribution is 6.03. The van der Waals surface area contributed by atoms with Crippen molar-refractivity contribution < 1.29 is 19.1 Å². The predicted octanol–water partition coefficient (Wildman–Crippen LogP) is 1.02. The first-order valence-corrected chi connectivity index (χ1v) is 6.74. The third-order valence-electron chi connectivity index (χ3n) is 3.40. The molecule has 6 heteroatoms. The average Bonchev–Trinajstić information content (AvgIpc) is 2.52. The van der Waals surface area contributed by atoms with Gasteiger partial charge >= 0.3 is 6.09 Å². The number of hydrogen-bond donors (Lipinski definition) is 0. The molecule has 1 heterocycles. The highest BCUT2D eigenvalue weighted by Crippen LogP contribution is 2.18. The van der Waals surface area contributed by atoms with Crippen molar-refractivity contribution in [2.24, 2.45) is 0 Å². The van der Waals surface area contributed by atoms with Crippen LogP contribution >= 0.6 is 0 Å². The van der Waals surface area contributed by atoms with Crippen molar-refractivity contribution in [2.45, 2.75) is 19.0 Å². The van der Waals surface area contributed by atoms with Gasteiger partial charge in [-0.15, -0.1) is 12.3 Å². The number of piperazine rings is 1. The zero-order valence-electron chi connectivity index (χ0n) is 12.2. The molecule has 1 saturated heterocycles. The Morgan fingerprint density at radius 3 is 2.64 bits per heavy atom. The first-order chi connectivity index (χ1) is 10.6. The molecule has 1 aliphatic heterocycles. The van der Waals surface area contributed by atoms with Gasteiger partial charge in [0.15, 0.2) is 0 Å². The van der Waals surface area contributed by atoms with Gasteiger partial charge in [0.2, 0.25) is 5.91 Å². The van der Waals surface area contributed by atoms with Crippen molar-refractivity contribution in [1.29, 1.82) is 0 Å². The zero-order valence-corrected chi connectivity index (χ0v) is 12.2. The summed E-state index contributed by atoms with van der Waals surface area (Å²) in [5, 5.41) is 0. The Bertz CT molecular complexity index is 621. The molecule has 2 rings (SSSR count). The predicted molar refractivity (Wildman–Crippen MR) is 78.3 cm³/mol. The van der Waals surface area contributed by atoms with Crippen LogP contribution < -0.4 is 0 Å². The van der Waals surface area contributed by atoms with Crippen molar-refractivity contribution in [1.82, 2.24) is 9.80 Å². The van der Waals surface area contributed by atoms with E-state index in [1.807, 2.05) is 30.3 Å². The Balaban J connectivity index is 2.23. The summed E-state index contributed by atoms with van der Waals surface area (Å²) in [5.74, 6) is 1.48. The first kappa shape index (κ1) is 15.6. The summed E-state index contributed by atoms with van der Waals surface area (Å²) in [6.07, 6.45) is 4.36. The van der Waals surface area contributed by atoms with Crippen molar-refractivity contribution in [3.8, 4) is 12.3 Å². The molecule has 1 aromatic rings. The summed E-state index contributed by atoms with van der Waals surface area (Å²) >= 11 is 0. The fourth-order valence-electron chi connectivity index (χ4n) is 2.37. The monoisotopic (exact) mass is 300 g/mol. The van der Waals surface area contributed by atoms with Crippen molar-refractivity contribution in [3.05, 3.63) is 35.9 Å². The van der Waals surface area contributed by atoms with Gasteiger partial charge in [-0.2, -0.15) is 0 Å². The molecule has 0 N–H and O–H groups in total. The second kappa shape index (κ2) is 6.76. The van der Waals surface area contributed by atoms with Gasteiger partial charge in [0, 0.05) is 13.0 Å². The molecule has 0 aliphatic carbocycles. The second-order valence-corrected chi connectivity index (χ2v) is 4.84. The Kier molecular flexibility index (Phi) is 4.79. The van der Waals surface area contributed by atoms with Gasteiger partial charge in [0.1, 0.15) is 12.6 Å². The van der Waals surface area contributed by atoms with E-state index in [1.54, 1.807) is 0 Å². The Labute approximate surface area is 128 Å². The summed E-state index contributed by atoms with van der Waals surface area (Å²) in [7, 11) is 1.16. The lowest BCUT2D eigenvalue weighted by atomic mass is 10.1. The number of hydrogen-bond acceptors (Lipinski definition) is 4. The standard InChI is InChI=1S/C16H16N2O4/c1-3-7-13-15(20)17(10-12-8-5-4-6-9-12)11-14(19)18(13)16(21)22-2/h1,4-6,8-9,13H,7,10-11H2,2H3/t13-/m1/s1. The maximum Gasteiger partial charge on any atom is 0.417 e. The van der Waals surface area contributed by atoms with Gasteiger partial charge in [-0.3, -0.25) is 9.59 Å². The maximum atomic E-state index is 12.5. The minimum Gasteiger partial charge on any atom is -0.452 e. The summed E-state index contributed by atoms with van der Waals surface area (Å²) in [6.45, 7) is 0.116. The summed E-state index contributed by atoms with van der Waals surface area (Å²) in [5.41, 5.74) is 0.898. The summed E-state index contributed by atoms with van der Waals surface area (Å²) in [4.78, 5) is 38.6. The molecule has 1 atom stereocenters. The fraction of sp³-hybridized carbons (Fsp3) is 0.312. The van der Waals surface area contributed by atoms with E-state index in [2.05, 4.69) is 10.7 Å². The molecule has 0 aromatic heterocycles. The zero-order chi connectivity index (χ0) is 16.1. The highest BCUT2D eigenvalue weighted by Gasteiger charge is 2.42. The average molecular weight is 300 g/mol. The lowest BCUT2D eigenvalue weighted by Crippen LogP contribution is -2.61. The minimum absolute atomic E-state index is 0.0367. The highest BCUT2D eigenvalue weighted by atomic mass is 16.5. The van der Waals surface area contributed by atoms with Crippen LogP contribution in [0.3, 0.4) is 0 Å². The number of carbonyl (C=O) groups is 3. The number of amides is 3. The smallest absolute Gasteiger partial charge is 0.417 e. The minimum atomic E-state index is -1.01. The number of benzene rings is 1. The molecule has 1 aliphatic rings. The lowest BCUT2D eigenvalue weighted by Gasteiger charge is -2.37. The number of rotatable bonds is 3. The molecule has 1 fully saturated rings. The van der Waals surface area contributed by atoms with Gasteiger partial charge in [-0.25, -0.2) is 9.69 Å². The number of carbonyl (C=O) groups excluding carboxylic acids is 3. The van der Waals surface area contributed by atoms with E-state index in [-0.39, 0.29) is 18.9 Å². The van der Waals surface area contributed by atoms with Crippen LogP contribution in [0.15, 0.2) is 30.3 Å². The molecule has 1 aromatic carbocycles. The van der Waals surface area contributed by atoms with Crippen molar-refractivity contribution >= 4 is 17.9 Å². The van der Waals surface area contributed by atoms with E-state index < -0.39 is 18.0 Å². The van der Waals surface area contributed by atoms with E-state index >= 15 is 0 Å². The molecular weight excluding hydrogens is 284 g/mol. The Morgan fingerprint density at radius 1 is 1.36 bits per heavy atom. The largest absolute Gasteiger partial charge is 0.452 e. The van der Waals surface area contributed by atoms with E-state index in [0.717, 1.165) is 17.6 Å². The number of ether oxygens (including phenoxy) is 1. The van der Waals surface area contributed by atoms with Crippen LogP contribution in [0.5, 0.6) is 0 Å². The normalized spacial score (nSPS) is 18.1. The number of imide groups is 1. The number of terminal acetylenes is 1. The van der Waals surface area contributed by atoms with Gasteiger partial charge in [-0.05, 0) is 5.56 Å². The molecule has 6 nitrogen and oxygen atoms in total. The third-order valence-corrected chi connectivity index (χ3v) is 3.40. The van der Waals surface area contributed by atoms with E-state index in [1.165, 1.54) is 4.90 Å². The van der Waals surface area contributed by atoms with Crippen molar-refractivity contribution in [2.75, 3.05) is 13.7 Å². The molecule has 0 radical (unpaired) electrons. The molecule has 114 valence electrons. The summed E-state index contributed by atoms with van der Waals surface area (Å²) in [6, 6.07) is 8.28. The quantitative estimate of drug-likeness (QED) is 0.782. The number of nitrogens with zero attached hydrogens (tertiary/aromatic N) is 2. The van der Waals surface area contributed by atoms with Crippen LogP contribution in [-0.2, 0) is 20.9 Å². The van der Waals surface area contributed by atoms with Crippen LogP contribution in [0.25, 0.3) is 0 Å². The van der Waals surface area contributed by atoms with Gasteiger partial charge in [-0.1, -0.05) is 30.3 Å². The van der Waals surface area contributed by atoms with E-state index in [0.29, 0.717) is 6.54 Å². The molecule has 0 spiro atoms. The lowest BCUT2D eigenvalue weighted by molar-refractivity contribution is -0.154. The van der Waals surface area contributed by atoms with E-state index in [4.69, 9.17) is 6.42 Å². The molecule has 0 unspecified atom stereocenters. The van der Waals surface area contributed by atoms with Crippen LogP contribution in [0.4, 0.5) is 4.79 Å². The molecule has 0 bridgehead atoms. The van der Waals surface area contributed by atoms with Gasteiger partial charge in [0.05, 0.1) is 7.11 Å². The van der Waals surface area contributed by atoms with Crippen LogP contribution in [0.1, 0.15) is 12.0 Å². The van der Waals surface area contributed by atoms with Crippen molar-refractivity contribution in [3.63, 3.8) is 0 Å². The SMILES string of the molecule is C#CC[C@@H]1C(=O)N(Cc2ccccc2)CC(=O)N1C(=O)OC. The Morgan fingerprint density at radius 2 is 2.05 bits per heavy atom. The van der Waals surface area contributed by atoms with Gasteiger partial charge in [0.25, 0.3) is 5.91 Å². The summed E-state index contributed by atoms with van der Waals surface area (Å²) < 4.78 is 4.57. The first-order valence-electron chi connectivity index (χ1n) is 6.74. The molecule has 22 heavy (non-hydrogen) atoms. The molecule has 3 amide bonds. The maximum absolute atomic E-state index is 12.5. The van der Waals surface area contributed by atoms with Crippen LogP contribution in [-0.4, -0.2) is 47.4 Å². The van der Waals surface area contributed by atoms with E-state index in [9.17, 15) is 14.4 Å². The van der Waals surface area contributed by atoms with Crippen LogP contribution in [0, 0.1) is 12.3 Å². The topological polar surface area (TPSA) is 66.9 Å². The molecule has 0 saturated carbocycles. The molecular formula is C16H16N2O4. The number of methoxy groups -OCH3 is 1.